The Morgan fingerprint density at radius 1 is 1.50 bits per heavy atom. The summed E-state index contributed by atoms with van der Waals surface area (Å²) in [6, 6.07) is 5.77. The van der Waals surface area contributed by atoms with Gasteiger partial charge in [0.2, 0.25) is 0 Å². The molecule has 2 nitrogen and oxygen atoms in total. The fourth-order valence-corrected chi connectivity index (χ4v) is 3.19. The molecule has 100 valence electrons. The topological polar surface area (TPSA) is 15.3 Å². The van der Waals surface area contributed by atoms with Crippen LogP contribution in [0.4, 0.5) is 4.39 Å². The van der Waals surface area contributed by atoms with Crippen LogP contribution >= 0.6 is 15.9 Å². The summed E-state index contributed by atoms with van der Waals surface area (Å²) < 4.78 is 13.9. The van der Waals surface area contributed by atoms with E-state index in [4.69, 9.17) is 0 Å². The Balaban J connectivity index is 2.19. The minimum atomic E-state index is -0.192. The SMILES string of the molecule is CCNCC1CCN(C)C1c1ccc(F)c(Br)c1. The van der Waals surface area contributed by atoms with Gasteiger partial charge < -0.3 is 5.32 Å². The van der Waals surface area contributed by atoms with Crippen molar-refractivity contribution in [3.63, 3.8) is 0 Å². The first-order valence-electron chi connectivity index (χ1n) is 6.49. The Bertz CT molecular complexity index is 411. The van der Waals surface area contributed by atoms with E-state index in [1.807, 2.05) is 12.1 Å². The van der Waals surface area contributed by atoms with Crippen LogP contribution in [-0.4, -0.2) is 31.6 Å². The molecule has 4 heteroatoms. The Kier molecular flexibility index (Phi) is 4.76. The molecule has 2 unspecified atom stereocenters. The van der Waals surface area contributed by atoms with E-state index < -0.39 is 0 Å². The van der Waals surface area contributed by atoms with Crippen molar-refractivity contribution in [3.8, 4) is 0 Å². The third-order valence-corrected chi connectivity index (χ3v) is 4.32. The van der Waals surface area contributed by atoms with Crippen LogP contribution < -0.4 is 5.32 Å². The number of likely N-dealkylation sites (tertiary alicyclic amines) is 1. The summed E-state index contributed by atoms with van der Waals surface area (Å²) in [5, 5.41) is 3.42. The van der Waals surface area contributed by atoms with Gasteiger partial charge in [-0.05, 0) is 72.6 Å². The summed E-state index contributed by atoms with van der Waals surface area (Å²) in [5.74, 6) is 0.412. The van der Waals surface area contributed by atoms with Gasteiger partial charge in [-0.25, -0.2) is 4.39 Å². The molecule has 18 heavy (non-hydrogen) atoms. The van der Waals surface area contributed by atoms with E-state index in [-0.39, 0.29) is 5.82 Å². The van der Waals surface area contributed by atoms with E-state index in [0.717, 1.165) is 19.6 Å². The number of halogens is 2. The zero-order valence-electron chi connectivity index (χ0n) is 10.9. The van der Waals surface area contributed by atoms with E-state index in [1.165, 1.54) is 12.0 Å². The monoisotopic (exact) mass is 314 g/mol. The zero-order chi connectivity index (χ0) is 13.1. The molecule has 2 atom stereocenters. The van der Waals surface area contributed by atoms with Gasteiger partial charge in [0.25, 0.3) is 0 Å². The summed E-state index contributed by atoms with van der Waals surface area (Å²) >= 11 is 3.28. The van der Waals surface area contributed by atoms with E-state index in [2.05, 4.69) is 40.1 Å². The average Bonchev–Trinajstić information content (AvgIpc) is 2.71. The number of hydrogen-bond acceptors (Lipinski definition) is 2. The molecule has 1 saturated heterocycles. The van der Waals surface area contributed by atoms with Gasteiger partial charge in [-0.2, -0.15) is 0 Å². The molecule has 0 radical (unpaired) electrons. The highest BCUT2D eigenvalue weighted by Gasteiger charge is 2.32. The maximum atomic E-state index is 13.3. The van der Waals surface area contributed by atoms with Crippen LogP contribution in [0.25, 0.3) is 0 Å². The fraction of sp³-hybridized carbons (Fsp3) is 0.571. The fourth-order valence-electron chi connectivity index (χ4n) is 2.79. The van der Waals surface area contributed by atoms with Crippen molar-refractivity contribution in [2.45, 2.75) is 19.4 Å². The Hall–Kier alpha value is -0.450. The van der Waals surface area contributed by atoms with Crippen molar-refractivity contribution in [1.82, 2.24) is 10.2 Å². The van der Waals surface area contributed by atoms with Crippen molar-refractivity contribution in [2.75, 3.05) is 26.7 Å². The molecule has 0 aliphatic carbocycles. The van der Waals surface area contributed by atoms with Gasteiger partial charge in [0, 0.05) is 6.04 Å². The highest BCUT2D eigenvalue weighted by atomic mass is 79.9. The minimum absolute atomic E-state index is 0.192. The maximum Gasteiger partial charge on any atom is 0.137 e. The predicted octanol–water partition coefficient (Wildman–Crippen LogP) is 3.19. The number of nitrogens with zero attached hydrogens (tertiary/aromatic N) is 1. The number of rotatable bonds is 4. The van der Waals surface area contributed by atoms with E-state index in [0.29, 0.717) is 16.4 Å². The van der Waals surface area contributed by atoms with Gasteiger partial charge in [-0.15, -0.1) is 0 Å². The molecule has 1 aromatic rings. The summed E-state index contributed by atoms with van der Waals surface area (Å²) in [6.45, 7) is 5.26. The van der Waals surface area contributed by atoms with Crippen LogP contribution in [0.2, 0.25) is 0 Å². The molecule has 2 rings (SSSR count). The third kappa shape index (κ3) is 2.92. The van der Waals surface area contributed by atoms with Crippen LogP contribution in [0, 0.1) is 11.7 Å². The van der Waals surface area contributed by atoms with Gasteiger partial charge in [-0.3, -0.25) is 4.90 Å². The summed E-state index contributed by atoms with van der Waals surface area (Å²) in [7, 11) is 2.15. The molecule has 1 aromatic carbocycles. The molecule has 0 aromatic heterocycles. The Labute approximate surface area is 117 Å². The lowest BCUT2D eigenvalue weighted by molar-refractivity contribution is 0.272. The molecular formula is C14H20BrFN2. The number of benzene rings is 1. The second kappa shape index (κ2) is 6.13. The quantitative estimate of drug-likeness (QED) is 0.918. The van der Waals surface area contributed by atoms with Gasteiger partial charge >= 0.3 is 0 Å². The smallest absolute Gasteiger partial charge is 0.137 e. The highest BCUT2D eigenvalue weighted by Crippen LogP contribution is 2.36. The molecule has 0 amide bonds. The van der Waals surface area contributed by atoms with Crippen molar-refractivity contribution in [2.24, 2.45) is 5.92 Å². The molecule has 0 bridgehead atoms. The first kappa shape index (κ1) is 14.0. The van der Waals surface area contributed by atoms with Crippen LogP contribution in [0.3, 0.4) is 0 Å². The van der Waals surface area contributed by atoms with Crippen molar-refractivity contribution >= 4 is 15.9 Å². The van der Waals surface area contributed by atoms with Crippen molar-refractivity contribution < 1.29 is 4.39 Å². The lowest BCUT2D eigenvalue weighted by atomic mass is 9.93. The summed E-state index contributed by atoms with van der Waals surface area (Å²) in [6.07, 6.45) is 1.20. The zero-order valence-corrected chi connectivity index (χ0v) is 12.5. The predicted molar refractivity (Wildman–Crippen MR) is 76.1 cm³/mol. The standard InChI is InChI=1S/C14H20BrFN2/c1-3-17-9-11-6-7-18(2)14(11)10-4-5-13(16)12(15)8-10/h4-5,8,11,14,17H,3,6-7,9H2,1-2H3. The van der Waals surface area contributed by atoms with Gasteiger partial charge in [0.15, 0.2) is 0 Å². The van der Waals surface area contributed by atoms with E-state index in [1.54, 1.807) is 6.07 Å². The lowest BCUT2D eigenvalue weighted by Gasteiger charge is -2.26. The number of nitrogens with one attached hydrogen (secondary N) is 1. The number of hydrogen-bond donors (Lipinski definition) is 1. The van der Waals surface area contributed by atoms with Crippen LogP contribution in [0.15, 0.2) is 22.7 Å². The minimum Gasteiger partial charge on any atom is -0.317 e. The highest BCUT2D eigenvalue weighted by molar-refractivity contribution is 9.10. The third-order valence-electron chi connectivity index (χ3n) is 3.72. The molecule has 1 aliphatic rings. The van der Waals surface area contributed by atoms with Gasteiger partial charge in [-0.1, -0.05) is 13.0 Å². The van der Waals surface area contributed by atoms with Crippen LogP contribution in [0.5, 0.6) is 0 Å². The average molecular weight is 315 g/mol. The second-order valence-corrected chi connectivity index (χ2v) is 5.81. The molecular weight excluding hydrogens is 295 g/mol. The van der Waals surface area contributed by atoms with Gasteiger partial charge in [0.05, 0.1) is 4.47 Å². The van der Waals surface area contributed by atoms with E-state index in [9.17, 15) is 4.39 Å². The second-order valence-electron chi connectivity index (χ2n) is 4.96. The molecule has 1 aliphatic heterocycles. The molecule has 1 fully saturated rings. The van der Waals surface area contributed by atoms with Crippen molar-refractivity contribution in [3.05, 3.63) is 34.1 Å². The largest absolute Gasteiger partial charge is 0.317 e. The van der Waals surface area contributed by atoms with Gasteiger partial charge in [0.1, 0.15) is 5.82 Å². The first-order chi connectivity index (χ1) is 8.63. The van der Waals surface area contributed by atoms with E-state index >= 15 is 0 Å². The lowest BCUT2D eigenvalue weighted by Crippen LogP contribution is -2.28. The molecule has 0 saturated carbocycles. The Morgan fingerprint density at radius 3 is 2.94 bits per heavy atom. The maximum absolute atomic E-state index is 13.3. The van der Waals surface area contributed by atoms with Crippen LogP contribution in [-0.2, 0) is 0 Å². The molecule has 1 N–H and O–H groups in total. The summed E-state index contributed by atoms with van der Waals surface area (Å²) in [5.41, 5.74) is 1.20. The normalized spacial score (nSPS) is 24.7. The molecule has 0 spiro atoms. The Morgan fingerprint density at radius 2 is 2.28 bits per heavy atom. The van der Waals surface area contributed by atoms with Crippen molar-refractivity contribution in [1.29, 1.82) is 0 Å². The first-order valence-corrected chi connectivity index (χ1v) is 7.28. The molecule has 1 heterocycles. The van der Waals surface area contributed by atoms with Crippen LogP contribution in [0.1, 0.15) is 24.9 Å². The summed E-state index contributed by atoms with van der Waals surface area (Å²) in [4.78, 5) is 2.36.